The first-order chi connectivity index (χ1) is 8.41. The van der Waals surface area contributed by atoms with Gasteiger partial charge in [-0.05, 0) is 37.0 Å². The predicted octanol–water partition coefficient (Wildman–Crippen LogP) is 1.72. The van der Waals surface area contributed by atoms with Crippen LogP contribution < -0.4 is 5.32 Å². The molecular formula is C15H28NO2+. The summed E-state index contributed by atoms with van der Waals surface area (Å²) < 4.78 is 5.76. The number of carbonyl (C=O) groups excluding carboxylic acids is 1. The van der Waals surface area contributed by atoms with E-state index < -0.39 is 0 Å². The number of hydrogen-bond donors (Lipinski definition) is 1. The summed E-state index contributed by atoms with van der Waals surface area (Å²) in [5.41, 5.74) is 0.517. The first-order valence-corrected chi connectivity index (χ1v) is 7.43. The largest absolute Gasteiger partial charge is 0.458 e. The third kappa shape index (κ3) is 2.07. The van der Waals surface area contributed by atoms with Crippen LogP contribution in [0.3, 0.4) is 0 Å². The van der Waals surface area contributed by atoms with Crippen molar-refractivity contribution in [3.63, 3.8) is 0 Å². The topological polar surface area (TPSA) is 42.9 Å². The molecule has 2 aliphatic carbocycles. The molecule has 3 atom stereocenters. The molecule has 2 N–H and O–H groups in total. The average Bonchev–Trinajstić information content (AvgIpc) is 2.62. The lowest BCUT2D eigenvalue weighted by molar-refractivity contribution is -0.645. The van der Waals surface area contributed by atoms with Crippen LogP contribution in [0.2, 0.25) is 0 Å². The quantitative estimate of drug-likeness (QED) is 0.599. The number of esters is 1. The zero-order chi connectivity index (χ0) is 13.4. The van der Waals surface area contributed by atoms with Crippen LogP contribution in [0.1, 0.15) is 53.4 Å². The van der Waals surface area contributed by atoms with Gasteiger partial charge in [0.05, 0.1) is 6.54 Å². The molecule has 0 aromatic heterocycles. The van der Waals surface area contributed by atoms with Gasteiger partial charge < -0.3 is 10.1 Å². The molecule has 2 saturated carbocycles. The lowest BCUT2D eigenvalue weighted by Gasteiger charge is -2.38. The number of rotatable bonds is 5. The number of hydrogen-bond acceptors (Lipinski definition) is 2. The molecule has 0 aromatic rings. The molecule has 0 radical (unpaired) electrons. The van der Waals surface area contributed by atoms with Gasteiger partial charge in [0.15, 0.2) is 6.54 Å². The highest BCUT2D eigenvalue weighted by molar-refractivity contribution is 5.70. The normalized spacial score (nSPS) is 36.9. The van der Waals surface area contributed by atoms with Crippen molar-refractivity contribution in [2.75, 3.05) is 13.1 Å². The highest BCUT2D eigenvalue weighted by atomic mass is 16.5. The van der Waals surface area contributed by atoms with Gasteiger partial charge in [0.1, 0.15) is 6.10 Å². The summed E-state index contributed by atoms with van der Waals surface area (Å²) in [7, 11) is 0. The fraction of sp³-hybridized carbons (Fsp3) is 0.933. The Labute approximate surface area is 111 Å². The summed E-state index contributed by atoms with van der Waals surface area (Å²) >= 11 is 0. The van der Waals surface area contributed by atoms with Crippen molar-refractivity contribution in [1.29, 1.82) is 0 Å². The third-order valence-corrected chi connectivity index (χ3v) is 5.79. The van der Waals surface area contributed by atoms with Gasteiger partial charge in [-0.1, -0.05) is 27.7 Å². The van der Waals surface area contributed by atoms with Crippen LogP contribution in [-0.4, -0.2) is 25.2 Å². The van der Waals surface area contributed by atoms with Gasteiger partial charge in [0, 0.05) is 5.41 Å². The zero-order valence-electron chi connectivity index (χ0n) is 12.3. The summed E-state index contributed by atoms with van der Waals surface area (Å²) in [6, 6.07) is 0. The molecule has 3 nitrogen and oxygen atoms in total. The lowest BCUT2D eigenvalue weighted by Crippen LogP contribution is -2.86. The summed E-state index contributed by atoms with van der Waals surface area (Å²) in [6.45, 7) is 10.6. The molecule has 0 aliphatic heterocycles. The van der Waals surface area contributed by atoms with E-state index in [-0.39, 0.29) is 17.5 Å². The first-order valence-electron chi connectivity index (χ1n) is 7.43. The van der Waals surface area contributed by atoms with Crippen molar-refractivity contribution in [3.8, 4) is 0 Å². The molecule has 2 aliphatic rings. The highest BCUT2D eigenvalue weighted by Crippen LogP contribution is 2.66. The van der Waals surface area contributed by atoms with E-state index in [2.05, 4.69) is 27.7 Å². The van der Waals surface area contributed by atoms with Crippen molar-refractivity contribution < 1.29 is 14.8 Å². The summed E-state index contributed by atoms with van der Waals surface area (Å²) in [6.07, 6.45) is 4.83. The Balaban J connectivity index is 1.90. The number of ether oxygens (including phenoxy) is 1. The molecule has 104 valence electrons. The van der Waals surface area contributed by atoms with Crippen molar-refractivity contribution in [2.24, 2.45) is 16.7 Å². The SMILES string of the molecule is CCC[NH2+]CC(=O)O[C@H]1C[C@@H]2CC[C@]1(C)C2(C)C. The average molecular weight is 254 g/mol. The number of carbonyl (C=O) groups is 1. The van der Waals surface area contributed by atoms with Gasteiger partial charge >= 0.3 is 5.97 Å². The molecule has 0 amide bonds. The monoisotopic (exact) mass is 254 g/mol. The maximum atomic E-state index is 11.8. The van der Waals surface area contributed by atoms with Crippen molar-refractivity contribution in [1.82, 2.24) is 0 Å². The first kappa shape index (κ1) is 13.9. The zero-order valence-corrected chi connectivity index (χ0v) is 12.3. The standard InChI is InChI=1S/C15H27NO2/c1-5-8-16-10-13(17)18-12-9-11-6-7-15(12,4)14(11,2)3/h11-12,16H,5-10H2,1-4H3/p+1/t11-,12-,15-/m0/s1. The van der Waals surface area contributed by atoms with E-state index >= 15 is 0 Å². The second-order valence-electron chi connectivity index (χ2n) is 6.87. The minimum absolute atomic E-state index is 0.0296. The molecule has 0 unspecified atom stereocenters. The molecule has 18 heavy (non-hydrogen) atoms. The minimum atomic E-state index is -0.0296. The summed E-state index contributed by atoms with van der Waals surface area (Å²) in [5, 5.41) is 2.04. The van der Waals surface area contributed by atoms with E-state index in [0.717, 1.165) is 25.3 Å². The Hall–Kier alpha value is -0.570. The minimum Gasteiger partial charge on any atom is -0.458 e. The fourth-order valence-electron chi connectivity index (χ4n) is 3.94. The Morgan fingerprint density at radius 2 is 2.11 bits per heavy atom. The van der Waals surface area contributed by atoms with E-state index in [0.29, 0.717) is 12.0 Å². The number of fused-ring (bicyclic) bond motifs is 2. The Bertz CT molecular complexity index is 326. The van der Waals surface area contributed by atoms with Crippen LogP contribution in [0.15, 0.2) is 0 Å². The number of quaternary nitrogens is 1. The fourth-order valence-corrected chi connectivity index (χ4v) is 3.94. The van der Waals surface area contributed by atoms with E-state index in [1.165, 1.54) is 12.8 Å². The lowest BCUT2D eigenvalue weighted by atomic mass is 9.70. The molecule has 2 rings (SSSR count). The van der Waals surface area contributed by atoms with Gasteiger partial charge in [0.25, 0.3) is 0 Å². The summed E-state index contributed by atoms with van der Waals surface area (Å²) in [5.74, 6) is 0.706. The van der Waals surface area contributed by atoms with Crippen molar-refractivity contribution in [3.05, 3.63) is 0 Å². The highest BCUT2D eigenvalue weighted by Gasteiger charge is 2.62. The van der Waals surface area contributed by atoms with Gasteiger partial charge in [-0.15, -0.1) is 0 Å². The summed E-state index contributed by atoms with van der Waals surface area (Å²) in [4.78, 5) is 11.8. The maximum Gasteiger partial charge on any atom is 0.361 e. The molecule has 0 saturated heterocycles. The van der Waals surface area contributed by atoms with E-state index in [1.807, 2.05) is 5.32 Å². The van der Waals surface area contributed by atoms with Crippen LogP contribution in [0.25, 0.3) is 0 Å². The Morgan fingerprint density at radius 3 is 2.61 bits per heavy atom. The molecule has 0 aromatic carbocycles. The van der Waals surface area contributed by atoms with E-state index in [9.17, 15) is 4.79 Å². The second-order valence-corrected chi connectivity index (χ2v) is 6.87. The van der Waals surface area contributed by atoms with Gasteiger partial charge in [-0.2, -0.15) is 0 Å². The molecule has 2 fully saturated rings. The van der Waals surface area contributed by atoms with Crippen LogP contribution >= 0.6 is 0 Å². The van der Waals surface area contributed by atoms with Crippen LogP contribution in [-0.2, 0) is 9.53 Å². The second kappa shape index (κ2) is 4.84. The van der Waals surface area contributed by atoms with E-state index in [1.54, 1.807) is 0 Å². The molecule has 0 spiro atoms. The van der Waals surface area contributed by atoms with Gasteiger partial charge in [-0.25, -0.2) is 4.79 Å². The van der Waals surface area contributed by atoms with Crippen molar-refractivity contribution >= 4 is 5.97 Å². The molecule has 0 heterocycles. The molecule has 2 bridgehead atoms. The van der Waals surface area contributed by atoms with Crippen LogP contribution in [0.5, 0.6) is 0 Å². The van der Waals surface area contributed by atoms with Crippen molar-refractivity contribution in [2.45, 2.75) is 59.5 Å². The van der Waals surface area contributed by atoms with Crippen LogP contribution in [0.4, 0.5) is 0 Å². The Morgan fingerprint density at radius 1 is 1.39 bits per heavy atom. The molecule has 3 heteroatoms. The van der Waals surface area contributed by atoms with E-state index in [4.69, 9.17) is 4.74 Å². The van der Waals surface area contributed by atoms with Crippen LogP contribution in [0, 0.1) is 16.7 Å². The maximum absolute atomic E-state index is 11.8. The number of nitrogens with two attached hydrogens (primary N) is 1. The Kier molecular flexibility index (Phi) is 3.72. The third-order valence-electron chi connectivity index (χ3n) is 5.79. The van der Waals surface area contributed by atoms with Gasteiger partial charge in [-0.3, -0.25) is 0 Å². The smallest absolute Gasteiger partial charge is 0.361 e. The molecular weight excluding hydrogens is 226 g/mol. The predicted molar refractivity (Wildman–Crippen MR) is 71.1 cm³/mol. The van der Waals surface area contributed by atoms with Gasteiger partial charge in [0.2, 0.25) is 0 Å².